The van der Waals surface area contributed by atoms with Crippen LogP contribution in [0.1, 0.15) is 10.4 Å². The van der Waals surface area contributed by atoms with Crippen LogP contribution in [0.15, 0.2) is 38.6 Å². The van der Waals surface area contributed by atoms with Crippen LogP contribution in [-0.2, 0) is 0 Å². The molecule has 0 unspecified atom stereocenters. The Hall–Kier alpha value is -0.650. The van der Waals surface area contributed by atoms with E-state index in [1.165, 1.54) is 0 Å². The van der Waals surface area contributed by atoms with Gasteiger partial charge < -0.3 is 5.11 Å². The molecule has 0 atom stereocenters. The van der Waals surface area contributed by atoms with Crippen molar-refractivity contribution in [3.63, 3.8) is 0 Å². The van der Waals surface area contributed by atoms with E-state index in [2.05, 4.69) is 31.9 Å². The zero-order chi connectivity index (χ0) is 11.7. The van der Waals surface area contributed by atoms with Crippen LogP contribution >= 0.6 is 43.2 Å². The molecule has 0 bridgehead atoms. The molecular formula is C11H6Br2O2S. The summed E-state index contributed by atoms with van der Waals surface area (Å²) in [5.74, 6) is -0.929. The van der Waals surface area contributed by atoms with Gasteiger partial charge in [0.05, 0.1) is 5.56 Å². The number of carboxylic acids is 1. The maximum Gasteiger partial charge on any atom is 0.336 e. The lowest BCUT2D eigenvalue weighted by Crippen LogP contribution is -1.97. The Morgan fingerprint density at radius 3 is 2.50 bits per heavy atom. The molecule has 1 heterocycles. The van der Waals surface area contributed by atoms with Crippen LogP contribution in [0.25, 0.3) is 10.4 Å². The topological polar surface area (TPSA) is 37.3 Å². The van der Waals surface area contributed by atoms with Crippen molar-refractivity contribution in [3.8, 4) is 10.4 Å². The normalized spacial score (nSPS) is 10.4. The second-order valence-corrected chi connectivity index (χ2v) is 5.72. The number of halogens is 2. The van der Waals surface area contributed by atoms with E-state index >= 15 is 0 Å². The average molecular weight is 362 g/mol. The molecule has 1 aromatic heterocycles. The van der Waals surface area contributed by atoms with Crippen LogP contribution in [0.4, 0.5) is 0 Å². The van der Waals surface area contributed by atoms with Crippen molar-refractivity contribution in [1.29, 1.82) is 0 Å². The van der Waals surface area contributed by atoms with Crippen LogP contribution in [0.5, 0.6) is 0 Å². The fourth-order valence-electron chi connectivity index (χ4n) is 1.33. The predicted molar refractivity (Wildman–Crippen MR) is 72.1 cm³/mol. The molecule has 1 aromatic carbocycles. The summed E-state index contributed by atoms with van der Waals surface area (Å²) < 4.78 is 1.58. The van der Waals surface area contributed by atoms with Gasteiger partial charge in [-0.15, -0.1) is 11.3 Å². The number of benzene rings is 1. The summed E-state index contributed by atoms with van der Waals surface area (Å²) in [4.78, 5) is 12.0. The van der Waals surface area contributed by atoms with Crippen molar-refractivity contribution in [2.75, 3.05) is 0 Å². The number of hydrogen-bond donors (Lipinski definition) is 1. The first-order chi connectivity index (χ1) is 7.59. The maximum atomic E-state index is 11.0. The molecule has 0 amide bonds. The van der Waals surface area contributed by atoms with Gasteiger partial charge in [-0.05, 0) is 61.0 Å². The zero-order valence-corrected chi connectivity index (χ0v) is 11.9. The molecule has 0 saturated heterocycles. The van der Waals surface area contributed by atoms with Crippen LogP contribution in [0.3, 0.4) is 0 Å². The van der Waals surface area contributed by atoms with Crippen molar-refractivity contribution in [1.82, 2.24) is 0 Å². The van der Waals surface area contributed by atoms with E-state index in [4.69, 9.17) is 5.11 Å². The van der Waals surface area contributed by atoms with E-state index in [-0.39, 0.29) is 5.56 Å². The first-order valence-electron chi connectivity index (χ1n) is 4.36. The third-order valence-corrected chi connectivity index (χ3v) is 4.65. The van der Waals surface area contributed by atoms with E-state index in [1.54, 1.807) is 23.5 Å². The van der Waals surface area contributed by atoms with Gasteiger partial charge in [0.2, 0.25) is 0 Å². The van der Waals surface area contributed by atoms with E-state index in [0.717, 1.165) is 14.9 Å². The average Bonchev–Trinajstić information content (AvgIpc) is 2.65. The molecule has 2 aromatic rings. The SMILES string of the molecule is O=C(O)c1cc(-c2sccc2Br)ccc1Br. The van der Waals surface area contributed by atoms with Crippen LogP contribution in [-0.4, -0.2) is 11.1 Å². The molecule has 2 rings (SSSR count). The summed E-state index contributed by atoms with van der Waals surface area (Å²) in [5, 5.41) is 11.0. The van der Waals surface area contributed by atoms with Crippen molar-refractivity contribution in [2.24, 2.45) is 0 Å². The van der Waals surface area contributed by atoms with Gasteiger partial charge in [0.25, 0.3) is 0 Å². The van der Waals surface area contributed by atoms with Gasteiger partial charge in [0.15, 0.2) is 0 Å². The Balaban J connectivity index is 2.56. The Labute approximate surface area is 113 Å². The number of rotatable bonds is 2. The molecule has 0 aliphatic carbocycles. The first kappa shape index (κ1) is 11.8. The quantitative estimate of drug-likeness (QED) is 0.846. The number of carboxylic acid groups (broad SMARTS) is 1. The van der Waals surface area contributed by atoms with Crippen molar-refractivity contribution < 1.29 is 9.90 Å². The minimum Gasteiger partial charge on any atom is -0.478 e. The summed E-state index contributed by atoms with van der Waals surface area (Å²) in [7, 11) is 0. The summed E-state index contributed by atoms with van der Waals surface area (Å²) in [6.45, 7) is 0. The molecule has 1 N–H and O–H groups in total. The smallest absolute Gasteiger partial charge is 0.336 e. The highest BCUT2D eigenvalue weighted by molar-refractivity contribution is 9.11. The summed E-state index contributed by atoms with van der Waals surface area (Å²) >= 11 is 8.23. The molecule has 5 heteroatoms. The third-order valence-electron chi connectivity index (χ3n) is 2.08. The first-order valence-corrected chi connectivity index (χ1v) is 6.82. The van der Waals surface area contributed by atoms with Gasteiger partial charge in [-0.1, -0.05) is 6.07 Å². The Kier molecular flexibility index (Phi) is 3.47. The second-order valence-electron chi connectivity index (χ2n) is 3.10. The Morgan fingerprint density at radius 2 is 1.94 bits per heavy atom. The fourth-order valence-corrected chi connectivity index (χ4v) is 3.35. The number of carbonyl (C=O) groups is 1. The van der Waals surface area contributed by atoms with E-state index < -0.39 is 5.97 Å². The van der Waals surface area contributed by atoms with E-state index in [9.17, 15) is 4.79 Å². The van der Waals surface area contributed by atoms with Crippen LogP contribution in [0, 0.1) is 0 Å². The highest BCUT2D eigenvalue weighted by atomic mass is 79.9. The monoisotopic (exact) mass is 360 g/mol. The molecule has 16 heavy (non-hydrogen) atoms. The summed E-state index contributed by atoms with van der Waals surface area (Å²) in [6, 6.07) is 7.27. The minimum atomic E-state index is -0.929. The molecule has 2 nitrogen and oxygen atoms in total. The number of thiophene rings is 1. The van der Waals surface area contributed by atoms with Gasteiger partial charge in [-0.3, -0.25) is 0 Å². The lowest BCUT2D eigenvalue weighted by Gasteiger charge is -2.03. The predicted octanol–water partition coefficient (Wildman–Crippen LogP) is 4.64. The van der Waals surface area contributed by atoms with Gasteiger partial charge >= 0.3 is 5.97 Å². The molecular weight excluding hydrogens is 356 g/mol. The lowest BCUT2D eigenvalue weighted by molar-refractivity contribution is 0.0696. The van der Waals surface area contributed by atoms with Crippen molar-refractivity contribution >= 4 is 49.2 Å². The van der Waals surface area contributed by atoms with Crippen LogP contribution in [0.2, 0.25) is 0 Å². The molecule has 0 aliphatic heterocycles. The third kappa shape index (κ3) is 2.21. The van der Waals surface area contributed by atoms with E-state index in [1.807, 2.05) is 17.5 Å². The second kappa shape index (κ2) is 4.69. The largest absolute Gasteiger partial charge is 0.478 e. The van der Waals surface area contributed by atoms with Gasteiger partial charge in [0, 0.05) is 13.8 Å². The Morgan fingerprint density at radius 1 is 1.19 bits per heavy atom. The molecule has 0 fully saturated rings. The molecule has 0 radical (unpaired) electrons. The highest BCUT2D eigenvalue weighted by Crippen LogP contribution is 2.35. The van der Waals surface area contributed by atoms with Gasteiger partial charge in [0.1, 0.15) is 0 Å². The molecule has 0 aliphatic rings. The number of hydrogen-bond acceptors (Lipinski definition) is 2. The van der Waals surface area contributed by atoms with Gasteiger partial charge in [-0.2, -0.15) is 0 Å². The van der Waals surface area contributed by atoms with E-state index in [0.29, 0.717) is 4.47 Å². The van der Waals surface area contributed by atoms with Crippen molar-refractivity contribution in [2.45, 2.75) is 0 Å². The minimum absolute atomic E-state index is 0.276. The number of aromatic carboxylic acids is 1. The molecule has 0 spiro atoms. The lowest BCUT2D eigenvalue weighted by atomic mass is 10.1. The standard InChI is InChI=1S/C11H6Br2O2S/c12-8-2-1-6(5-7(8)11(14)15)10-9(13)3-4-16-10/h1-5H,(H,14,15). The summed E-state index contributed by atoms with van der Waals surface area (Å²) in [5.41, 5.74) is 1.18. The fraction of sp³-hybridized carbons (Fsp3) is 0. The van der Waals surface area contributed by atoms with Gasteiger partial charge in [-0.25, -0.2) is 4.79 Å². The van der Waals surface area contributed by atoms with Crippen molar-refractivity contribution in [3.05, 3.63) is 44.2 Å². The molecule has 82 valence electrons. The highest BCUT2D eigenvalue weighted by Gasteiger charge is 2.11. The zero-order valence-electron chi connectivity index (χ0n) is 7.91. The molecule has 0 saturated carbocycles. The van der Waals surface area contributed by atoms with Crippen LogP contribution < -0.4 is 0 Å². The Bertz CT molecular complexity index is 549. The summed E-state index contributed by atoms with van der Waals surface area (Å²) in [6.07, 6.45) is 0. The maximum absolute atomic E-state index is 11.0.